The Hall–Kier alpha value is -1.29. The molecule has 0 fully saturated rings. The zero-order valence-electron chi connectivity index (χ0n) is 8.50. The van der Waals surface area contributed by atoms with E-state index in [9.17, 15) is 4.39 Å². The molecule has 0 aromatic heterocycles. The largest absolute Gasteiger partial charge is 0.493 e. The minimum absolute atomic E-state index is 0.340. The third kappa shape index (κ3) is 1.80. The molecule has 4 heteroatoms. The summed E-state index contributed by atoms with van der Waals surface area (Å²) in [6.45, 7) is 1.69. The topological polar surface area (TPSA) is 44.5 Å². The molecule has 0 heterocycles. The van der Waals surface area contributed by atoms with Crippen LogP contribution in [0.3, 0.4) is 0 Å². The van der Waals surface area contributed by atoms with Crippen LogP contribution in [0.25, 0.3) is 0 Å². The molecule has 0 aliphatic carbocycles. The molecule has 0 aliphatic rings. The summed E-state index contributed by atoms with van der Waals surface area (Å²) in [5.74, 6) is 0.473. The van der Waals surface area contributed by atoms with E-state index < -0.39 is 6.04 Å². The van der Waals surface area contributed by atoms with Crippen LogP contribution in [0.5, 0.6) is 11.5 Å². The average Bonchev–Trinajstić information content (AvgIpc) is 2.16. The van der Waals surface area contributed by atoms with Crippen molar-refractivity contribution in [1.29, 1.82) is 0 Å². The number of halogens is 1. The lowest BCUT2D eigenvalue weighted by molar-refractivity contribution is 0.346. The molecule has 1 aromatic carbocycles. The fraction of sp³-hybridized carbons (Fsp3) is 0.400. The first-order valence-electron chi connectivity index (χ1n) is 4.27. The third-order valence-electron chi connectivity index (χ3n) is 1.99. The van der Waals surface area contributed by atoms with Crippen LogP contribution in [0.4, 0.5) is 4.39 Å². The summed E-state index contributed by atoms with van der Waals surface area (Å²) in [6, 6.07) is 2.40. The highest BCUT2D eigenvalue weighted by Gasteiger charge is 2.17. The van der Waals surface area contributed by atoms with Crippen LogP contribution in [0.2, 0.25) is 0 Å². The first-order chi connectivity index (χ1) is 6.61. The van der Waals surface area contributed by atoms with E-state index >= 15 is 0 Å². The molecule has 0 saturated carbocycles. The summed E-state index contributed by atoms with van der Waals surface area (Å²) in [4.78, 5) is 0. The summed E-state index contributed by atoms with van der Waals surface area (Å²) in [6.07, 6.45) is 0. The van der Waals surface area contributed by atoms with E-state index in [-0.39, 0.29) is 5.82 Å². The minimum Gasteiger partial charge on any atom is -0.493 e. The maximum absolute atomic E-state index is 13.4. The van der Waals surface area contributed by atoms with Crippen LogP contribution < -0.4 is 15.2 Å². The van der Waals surface area contributed by atoms with Crippen LogP contribution in [0.15, 0.2) is 12.1 Å². The molecule has 2 N–H and O–H groups in total. The minimum atomic E-state index is -0.431. The fourth-order valence-electron chi connectivity index (χ4n) is 1.35. The van der Waals surface area contributed by atoms with Gasteiger partial charge in [0.2, 0.25) is 0 Å². The molecule has 1 rings (SSSR count). The van der Waals surface area contributed by atoms with Gasteiger partial charge >= 0.3 is 0 Å². The monoisotopic (exact) mass is 199 g/mol. The molecule has 1 unspecified atom stereocenters. The van der Waals surface area contributed by atoms with E-state index in [0.717, 1.165) is 0 Å². The summed E-state index contributed by atoms with van der Waals surface area (Å²) in [7, 11) is 2.96. The van der Waals surface area contributed by atoms with Gasteiger partial charge in [0, 0.05) is 6.04 Å². The molecule has 1 atom stereocenters. The average molecular weight is 199 g/mol. The van der Waals surface area contributed by atoms with Crippen molar-refractivity contribution in [1.82, 2.24) is 0 Å². The normalized spacial score (nSPS) is 12.4. The van der Waals surface area contributed by atoms with Crippen molar-refractivity contribution in [2.24, 2.45) is 5.73 Å². The van der Waals surface area contributed by atoms with Gasteiger partial charge in [-0.2, -0.15) is 0 Å². The second-order valence-electron chi connectivity index (χ2n) is 2.99. The summed E-state index contributed by atoms with van der Waals surface area (Å²) in [5, 5.41) is 0. The third-order valence-corrected chi connectivity index (χ3v) is 1.99. The molecule has 1 aromatic rings. The quantitative estimate of drug-likeness (QED) is 0.808. The van der Waals surface area contributed by atoms with Gasteiger partial charge in [0.05, 0.1) is 19.8 Å². The van der Waals surface area contributed by atoms with Gasteiger partial charge < -0.3 is 15.2 Å². The highest BCUT2D eigenvalue weighted by Crippen LogP contribution is 2.35. The SMILES string of the molecule is COc1ccc(F)c(C(C)N)c1OC. The molecular weight excluding hydrogens is 185 g/mol. The molecule has 0 spiro atoms. The van der Waals surface area contributed by atoms with Crippen molar-refractivity contribution in [3.05, 3.63) is 23.5 Å². The van der Waals surface area contributed by atoms with Gasteiger partial charge in [-0.05, 0) is 19.1 Å². The Kier molecular flexibility index (Phi) is 3.30. The van der Waals surface area contributed by atoms with Crippen molar-refractivity contribution >= 4 is 0 Å². The van der Waals surface area contributed by atoms with Crippen LogP contribution in [-0.4, -0.2) is 14.2 Å². The smallest absolute Gasteiger partial charge is 0.168 e. The molecule has 0 aliphatic heterocycles. The Morgan fingerprint density at radius 3 is 2.36 bits per heavy atom. The summed E-state index contributed by atoms with van der Waals surface area (Å²) >= 11 is 0. The number of methoxy groups -OCH3 is 2. The van der Waals surface area contributed by atoms with E-state index in [4.69, 9.17) is 15.2 Å². The highest BCUT2D eigenvalue weighted by molar-refractivity contribution is 5.48. The lowest BCUT2D eigenvalue weighted by atomic mass is 10.1. The Labute approximate surface area is 82.6 Å². The van der Waals surface area contributed by atoms with Gasteiger partial charge in [0.25, 0.3) is 0 Å². The van der Waals surface area contributed by atoms with Crippen LogP contribution in [0.1, 0.15) is 18.5 Å². The standard InChI is InChI=1S/C10H14FNO2/c1-6(12)9-7(11)4-5-8(13-2)10(9)14-3/h4-6H,12H2,1-3H3. The van der Waals surface area contributed by atoms with Crippen LogP contribution >= 0.6 is 0 Å². The van der Waals surface area contributed by atoms with Crippen molar-refractivity contribution < 1.29 is 13.9 Å². The summed E-state index contributed by atoms with van der Waals surface area (Å²) in [5.41, 5.74) is 5.98. The van der Waals surface area contributed by atoms with Gasteiger partial charge in [-0.3, -0.25) is 0 Å². The van der Waals surface area contributed by atoms with E-state index in [1.807, 2.05) is 0 Å². The number of nitrogens with two attached hydrogens (primary N) is 1. The number of benzene rings is 1. The zero-order chi connectivity index (χ0) is 10.7. The molecule has 0 bridgehead atoms. The van der Waals surface area contributed by atoms with Gasteiger partial charge in [-0.25, -0.2) is 4.39 Å². The van der Waals surface area contributed by atoms with Crippen molar-refractivity contribution in [3.63, 3.8) is 0 Å². The molecule has 0 saturated heterocycles. The number of hydrogen-bond donors (Lipinski definition) is 1. The van der Waals surface area contributed by atoms with Gasteiger partial charge in [-0.15, -0.1) is 0 Å². The molecule has 0 radical (unpaired) electrons. The Morgan fingerprint density at radius 1 is 1.29 bits per heavy atom. The van der Waals surface area contributed by atoms with E-state index in [1.54, 1.807) is 6.92 Å². The van der Waals surface area contributed by atoms with Gasteiger partial charge in [0.15, 0.2) is 11.5 Å². The van der Waals surface area contributed by atoms with Crippen molar-refractivity contribution in [3.8, 4) is 11.5 Å². The lowest BCUT2D eigenvalue weighted by Crippen LogP contribution is -2.10. The Morgan fingerprint density at radius 2 is 1.93 bits per heavy atom. The number of rotatable bonds is 3. The van der Waals surface area contributed by atoms with Crippen LogP contribution in [-0.2, 0) is 0 Å². The summed E-state index contributed by atoms with van der Waals surface area (Å²) < 4.78 is 23.5. The maximum Gasteiger partial charge on any atom is 0.168 e. The lowest BCUT2D eigenvalue weighted by Gasteiger charge is -2.15. The van der Waals surface area contributed by atoms with E-state index in [0.29, 0.717) is 17.1 Å². The second-order valence-corrected chi connectivity index (χ2v) is 2.99. The zero-order valence-corrected chi connectivity index (χ0v) is 8.50. The Bertz CT molecular complexity index is 326. The van der Waals surface area contributed by atoms with Crippen molar-refractivity contribution in [2.75, 3.05) is 14.2 Å². The predicted molar refractivity (Wildman–Crippen MR) is 52.1 cm³/mol. The van der Waals surface area contributed by atoms with Crippen molar-refractivity contribution in [2.45, 2.75) is 13.0 Å². The van der Waals surface area contributed by atoms with E-state index in [1.165, 1.54) is 26.4 Å². The molecule has 14 heavy (non-hydrogen) atoms. The first kappa shape index (κ1) is 10.8. The van der Waals surface area contributed by atoms with Crippen LogP contribution in [0, 0.1) is 5.82 Å². The molecule has 3 nitrogen and oxygen atoms in total. The van der Waals surface area contributed by atoms with Gasteiger partial charge in [0.1, 0.15) is 5.82 Å². The first-order valence-corrected chi connectivity index (χ1v) is 4.27. The maximum atomic E-state index is 13.4. The fourth-order valence-corrected chi connectivity index (χ4v) is 1.35. The Balaban J connectivity index is 3.35. The van der Waals surface area contributed by atoms with Gasteiger partial charge in [-0.1, -0.05) is 0 Å². The molecule has 78 valence electrons. The second kappa shape index (κ2) is 4.28. The number of hydrogen-bond acceptors (Lipinski definition) is 3. The molecule has 0 amide bonds. The predicted octanol–water partition coefficient (Wildman–Crippen LogP) is 1.86. The number of ether oxygens (including phenoxy) is 2. The highest BCUT2D eigenvalue weighted by atomic mass is 19.1. The molecular formula is C10H14FNO2. The van der Waals surface area contributed by atoms with E-state index in [2.05, 4.69) is 0 Å².